The average molecular weight is 447 g/mol. The number of esters is 2. The quantitative estimate of drug-likeness (QED) is 0.348. The summed E-state index contributed by atoms with van der Waals surface area (Å²) in [7, 11) is 3.31. The molecule has 0 radical (unpaired) electrons. The molecule has 0 saturated carbocycles. The van der Waals surface area contributed by atoms with Gasteiger partial charge < -0.3 is 18.8 Å². The van der Waals surface area contributed by atoms with Gasteiger partial charge in [0.05, 0.1) is 7.11 Å². The summed E-state index contributed by atoms with van der Waals surface area (Å²) >= 11 is 0. The van der Waals surface area contributed by atoms with E-state index in [0.717, 1.165) is 23.0 Å². The van der Waals surface area contributed by atoms with E-state index in [4.69, 9.17) is 14.2 Å². The van der Waals surface area contributed by atoms with Crippen molar-refractivity contribution in [3.63, 3.8) is 0 Å². The number of carbonyl (C=O) groups is 2. The fourth-order valence-corrected chi connectivity index (χ4v) is 6.09. The Kier molecular flexibility index (Phi) is 4.14. The molecule has 4 heterocycles. The number of nitrogens with zero attached hydrogens (tertiary/aromatic N) is 2. The van der Waals surface area contributed by atoms with Gasteiger partial charge in [-0.05, 0) is 31.2 Å². The van der Waals surface area contributed by atoms with Gasteiger partial charge in [-0.25, -0.2) is 9.59 Å². The minimum Gasteiger partial charge on any atom is -0.466 e. The fourth-order valence-electron chi connectivity index (χ4n) is 6.09. The minimum atomic E-state index is -1.65. The van der Waals surface area contributed by atoms with Crippen LogP contribution in [0.25, 0.3) is 10.9 Å². The van der Waals surface area contributed by atoms with E-state index in [0.29, 0.717) is 13.0 Å². The van der Waals surface area contributed by atoms with Gasteiger partial charge in [0, 0.05) is 42.7 Å². The molecule has 1 aromatic heterocycles. The third-order valence-corrected chi connectivity index (χ3v) is 7.73. The predicted octanol–water partition coefficient (Wildman–Crippen LogP) is 3.06. The predicted molar refractivity (Wildman–Crippen MR) is 121 cm³/mol. The van der Waals surface area contributed by atoms with Gasteiger partial charge in [0.1, 0.15) is 0 Å². The molecule has 0 bridgehead atoms. The maximum absolute atomic E-state index is 12.8. The third kappa shape index (κ3) is 2.52. The molecule has 33 heavy (non-hydrogen) atoms. The van der Waals surface area contributed by atoms with Crippen LogP contribution < -0.4 is 0 Å². The normalized spacial score (nSPS) is 32.8. The van der Waals surface area contributed by atoms with Crippen molar-refractivity contribution in [3.05, 3.63) is 71.9 Å². The number of methoxy groups -OCH3 is 1. The molecule has 3 saturated heterocycles. The van der Waals surface area contributed by atoms with Gasteiger partial charge >= 0.3 is 11.9 Å². The second kappa shape index (κ2) is 6.68. The molecular formula is C26H26N2O5. The number of piperidine rings is 1. The van der Waals surface area contributed by atoms with Crippen molar-refractivity contribution in [2.24, 2.45) is 0 Å². The Labute approximate surface area is 191 Å². The smallest absolute Gasteiger partial charge is 0.354 e. The van der Waals surface area contributed by atoms with Crippen LogP contribution >= 0.6 is 0 Å². The van der Waals surface area contributed by atoms with Gasteiger partial charge in [0.25, 0.3) is 5.60 Å². The van der Waals surface area contributed by atoms with Crippen molar-refractivity contribution >= 4 is 22.8 Å². The Morgan fingerprint density at radius 3 is 2.64 bits per heavy atom. The van der Waals surface area contributed by atoms with Gasteiger partial charge in [-0.15, -0.1) is 0 Å². The molecule has 3 aromatic rings. The molecular weight excluding hydrogens is 420 g/mol. The molecule has 0 amide bonds. The lowest BCUT2D eigenvalue weighted by atomic mass is 9.73. The fraction of sp³-hybridized carbons (Fsp3) is 0.385. The minimum absolute atomic E-state index is 0.0546. The molecule has 0 N–H and O–H groups in total. The van der Waals surface area contributed by atoms with Crippen LogP contribution in [-0.2, 0) is 30.3 Å². The van der Waals surface area contributed by atoms with E-state index in [2.05, 4.69) is 39.9 Å². The van der Waals surface area contributed by atoms with Crippen LogP contribution in [0.1, 0.15) is 30.5 Å². The molecule has 3 aliphatic heterocycles. The van der Waals surface area contributed by atoms with Crippen LogP contribution in [0.3, 0.4) is 0 Å². The van der Waals surface area contributed by atoms with Crippen LogP contribution in [0.2, 0.25) is 0 Å². The number of rotatable bonds is 4. The number of hydrogen-bond donors (Lipinski definition) is 0. The summed E-state index contributed by atoms with van der Waals surface area (Å²) in [5.41, 5.74) is -0.0775. The summed E-state index contributed by atoms with van der Waals surface area (Å²) in [4.78, 5) is 27.7. The number of fused-ring (bicyclic) bond motifs is 1. The summed E-state index contributed by atoms with van der Waals surface area (Å²) in [6, 6.07) is 18.6. The average Bonchev–Trinajstić information content (AvgIpc) is 3.32. The standard InChI is InChI=1S/C26H26N2O5/c1-24-16-27(2)21(13-25(24)26(33-25,22(29)31-3)23(30)32-24)19-15-28(14-17-9-5-4-6-10-17)20-12-8-7-11-18(19)20/h4-12,15,21H,13-14,16H2,1-3H3. The highest BCUT2D eigenvalue weighted by atomic mass is 16.7. The van der Waals surface area contributed by atoms with Crippen molar-refractivity contribution < 1.29 is 23.8 Å². The number of likely N-dealkylation sites (N-methyl/N-ethyl adjacent to an activating group) is 1. The van der Waals surface area contributed by atoms with Crippen molar-refractivity contribution in [1.29, 1.82) is 0 Å². The van der Waals surface area contributed by atoms with Crippen molar-refractivity contribution in [1.82, 2.24) is 9.47 Å². The lowest BCUT2D eigenvalue weighted by molar-refractivity contribution is -0.178. The van der Waals surface area contributed by atoms with Gasteiger partial charge in [-0.1, -0.05) is 48.5 Å². The molecule has 1 spiro atoms. The maximum Gasteiger partial charge on any atom is 0.354 e. The molecule has 2 aromatic carbocycles. The van der Waals surface area contributed by atoms with Crippen LogP contribution in [0.15, 0.2) is 60.8 Å². The first-order chi connectivity index (χ1) is 15.8. The van der Waals surface area contributed by atoms with E-state index in [9.17, 15) is 9.59 Å². The zero-order valence-electron chi connectivity index (χ0n) is 18.9. The number of carbonyl (C=O) groups excluding carboxylic acids is 2. The first-order valence-electron chi connectivity index (χ1n) is 11.2. The number of likely N-dealkylation sites (tertiary alicyclic amines) is 1. The van der Waals surface area contributed by atoms with Crippen molar-refractivity contribution in [3.8, 4) is 0 Å². The van der Waals surface area contributed by atoms with Crippen LogP contribution in [0, 0.1) is 0 Å². The monoisotopic (exact) mass is 446 g/mol. The molecule has 7 heteroatoms. The second-order valence-corrected chi connectivity index (χ2v) is 9.57. The van der Waals surface area contributed by atoms with Gasteiger partial charge in [-0.3, -0.25) is 4.90 Å². The molecule has 7 nitrogen and oxygen atoms in total. The highest BCUT2D eigenvalue weighted by Crippen LogP contribution is 2.68. The van der Waals surface area contributed by atoms with E-state index < -0.39 is 28.7 Å². The SMILES string of the molecule is COC(=O)C12OC13CC(c1cn(Cc4ccccc4)c4ccccc14)N(C)CC3(C)OC2=O. The summed E-state index contributed by atoms with van der Waals surface area (Å²) in [6.07, 6.45) is 2.65. The topological polar surface area (TPSA) is 73.3 Å². The first-order valence-corrected chi connectivity index (χ1v) is 11.2. The van der Waals surface area contributed by atoms with E-state index in [1.807, 2.05) is 44.3 Å². The van der Waals surface area contributed by atoms with Gasteiger partial charge in [-0.2, -0.15) is 0 Å². The summed E-state index contributed by atoms with van der Waals surface area (Å²) < 4.78 is 19.0. The maximum atomic E-state index is 12.8. The first kappa shape index (κ1) is 20.4. The lowest BCUT2D eigenvalue weighted by Gasteiger charge is -2.44. The lowest BCUT2D eigenvalue weighted by Crippen LogP contribution is -2.57. The number of para-hydroxylation sites is 1. The van der Waals surface area contributed by atoms with Gasteiger partial charge in [0.15, 0.2) is 11.2 Å². The van der Waals surface area contributed by atoms with Crippen molar-refractivity contribution in [2.75, 3.05) is 20.7 Å². The van der Waals surface area contributed by atoms with E-state index in [1.54, 1.807) is 0 Å². The molecule has 0 aliphatic carbocycles. The second-order valence-electron chi connectivity index (χ2n) is 9.57. The van der Waals surface area contributed by atoms with Gasteiger partial charge in [0.2, 0.25) is 0 Å². The zero-order valence-corrected chi connectivity index (χ0v) is 18.9. The Bertz CT molecular complexity index is 1290. The number of aromatic nitrogens is 1. The number of epoxide rings is 1. The highest BCUT2D eigenvalue weighted by molar-refractivity contribution is 6.11. The van der Waals surface area contributed by atoms with E-state index in [-0.39, 0.29) is 6.04 Å². The third-order valence-electron chi connectivity index (χ3n) is 7.73. The number of benzene rings is 2. The summed E-state index contributed by atoms with van der Waals surface area (Å²) in [6.45, 7) is 3.07. The van der Waals surface area contributed by atoms with E-state index in [1.165, 1.54) is 12.7 Å². The molecule has 4 atom stereocenters. The highest BCUT2D eigenvalue weighted by Gasteiger charge is 2.93. The Balaban J connectivity index is 1.43. The van der Waals surface area contributed by atoms with Crippen LogP contribution in [0.4, 0.5) is 0 Å². The number of ether oxygens (including phenoxy) is 3. The molecule has 3 aliphatic rings. The number of hydrogen-bond acceptors (Lipinski definition) is 6. The molecule has 6 rings (SSSR count). The van der Waals surface area contributed by atoms with Crippen LogP contribution in [0.5, 0.6) is 0 Å². The Hall–Kier alpha value is -3.16. The molecule has 170 valence electrons. The molecule has 3 fully saturated rings. The Morgan fingerprint density at radius 1 is 1.15 bits per heavy atom. The zero-order chi connectivity index (χ0) is 23.0. The molecule has 4 unspecified atom stereocenters. The summed E-state index contributed by atoms with van der Waals surface area (Å²) in [5, 5.41) is 1.15. The van der Waals surface area contributed by atoms with E-state index >= 15 is 0 Å². The largest absolute Gasteiger partial charge is 0.466 e. The van der Waals surface area contributed by atoms with Crippen LogP contribution in [-0.4, -0.2) is 58.9 Å². The van der Waals surface area contributed by atoms with Crippen molar-refractivity contribution in [2.45, 2.75) is 42.7 Å². The summed E-state index contributed by atoms with van der Waals surface area (Å²) in [5.74, 6) is -1.32. The Morgan fingerprint density at radius 2 is 1.88 bits per heavy atom.